The molecule has 1 aromatic heterocycles. The van der Waals surface area contributed by atoms with Crippen molar-refractivity contribution in [2.75, 3.05) is 81.4 Å². The van der Waals surface area contributed by atoms with Crippen molar-refractivity contribution in [2.45, 2.75) is 19.8 Å². The number of para-hydroxylation sites is 1. The number of fused-ring (bicyclic) bond motifs is 1. The van der Waals surface area contributed by atoms with Crippen LogP contribution in [0.2, 0.25) is 0 Å². The minimum absolute atomic E-state index is 0.282. The van der Waals surface area contributed by atoms with E-state index in [1.54, 1.807) is 7.11 Å². The zero-order valence-electron chi connectivity index (χ0n) is 21.1. The average Bonchev–Trinajstić information content (AvgIpc) is 2.92. The Morgan fingerprint density at radius 1 is 1.06 bits per heavy atom. The molecule has 2 aromatic rings. The van der Waals surface area contributed by atoms with E-state index in [1.165, 1.54) is 0 Å². The maximum absolute atomic E-state index is 13.3. The number of rotatable bonds is 6. The highest BCUT2D eigenvalue weighted by atomic mass is 16.5. The summed E-state index contributed by atoms with van der Waals surface area (Å²) >= 11 is 0. The second kappa shape index (κ2) is 10.7. The molecule has 36 heavy (non-hydrogen) atoms. The monoisotopic (exact) mass is 495 g/mol. The molecule has 0 amide bonds. The number of carbonyl (C=O) groups excluding carboxylic acids is 1. The van der Waals surface area contributed by atoms with Gasteiger partial charge in [-0.1, -0.05) is 18.2 Å². The number of nitrogens with zero attached hydrogens (tertiary/aromatic N) is 4. The number of carbonyl (C=O) groups is 1. The van der Waals surface area contributed by atoms with Crippen molar-refractivity contribution in [3.05, 3.63) is 46.7 Å². The van der Waals surface area contributed by atoms with Crippen molar-refractivity contribution in [1.29, 1.82) is 0 Å². The number of esters is 1. The van der Waals surface area contributed by atoms with Gasteiger partial charge in [-0.05, 0) is 19.9 Å². The molecule has 3 aliphatic heterocycles. The van der Waals surface area contributed by atoms with E-state index in [1.807, 2.05) is 38.1 Å². The third-order valence-electron chi connectivity index (χ3n) is 6.75. The van der Waals surface area contributed by atoms with Gasteiger partial charge >= 0.3 is 5.97 Å². The number of methoxy groups -OCH3 is 1. The van der Waals surface area contributed by atoms with Gasteiger partial charge in [-0.3, -0.25) is 0 Å². The lowest BCUT2D eigenvalue weighted by atomic mass is 9.81. The standard InChI is InChI=1S/C26H33N5O5/c1-4-36-25(32)20-17(2)27-23-22(21(20)18-7-5-6-8-19(18)33-3)24(30-9-13-34-14-10-30)29-26(28-23)31-11-15-35-16-12-31/h5-8,21H,4,9-16H2,1-3H3,(H,27,28,29). The first-order valence-electron chi connectivity index (χ1n) is 12.5. The maximum Gasteiger partial charge on any atom is 0.336 e. The van der Waals surface area contributed by atoms with Crippen molar-refractivity contribution >= 4 is 23.6 Å². The number of hydrogen-bond acceptors (Lipinski definition) is 10. The second-order valence-electron chi connectivity index (χ2n) is 8.87. The van der Waals surface area contributed by atoms with Gasteiger partial charge in [0.05, 0.1) is 51.6 Å². The van der Waals surface area contributed by atoms with E-state index in [9.17, 15) is 4.79 Å². The number of ether oxygens (including phenoxy) is 4. The van der Waals surface area contributed by atoms with Crippen molar-refractivity contribution in [3.8, 4) is 5.75 Å². The molecule has 10 heteroatoms. The Morgan fingerprint density at radius 3 is 2.39 bits per heavy atom. The molecule has 0 spiro atoms. The third kappa shape index (κ3) is 4.58. The fourth-order valence-corrected chi connectivity index (χ4v) is 5.03. The van der Waals surface area contributed by atoms with Gasteiger partial charge in [-0.15, -0.1) is 0 Å². The number of anilines is 3. The van der Waals surface area contributed by atoms with Gasteiger partial charge < -0.3 is 34.1 Å². The summed E-state index contributed by atoms with van der Waals surface area (Å²) in [6.07, 6.45) is 0. The van der Waals surface area contributed by atoms with Crippen LogP contribution < -0.4 is 19.9 Å². The minimum atomic E-state index is -0.465. The molecular weight excluding hydrogens is 462 g/mol. The molecule has 1 unspecified atom stereocenters. The van der Waals surface area contributed by atoms with Crippen LogP contribution in [0, 0.1) is 0 Å². The Labute approximate surface area is 211 Å². The third-order valence-corrected chi connectivity index (χ3v) is 6.75. The molecule has 1 atom stereocenters. The second-order valence-corrected chi connectivity index (χ2v) is 8.87. The molecule has 2 fully saturated rings. The van der Waals surface area contributed by atoms with E-state index in [0.717, 1.165) is 30.0 Å². The number of morpholine rings is 2. The Bertz CT molecular complexity index is 1140. The zero-order valence-corrected chi connectivity index (χ0v) is 21.1. The lowest BCUT2D eigenvalue weighted by Crippen LogP contribution is -2.41. The van der Waals surface area contributed by atoms with E-state index >= 15 is 0 Å². The van der Waals surface area contributed by atoms with Crippen molar-refractivity contribution in [1.82, 2.24) is 9.97 Å². The summed E-state index contributed by atoms with van der Waals surface area (Å²) in [6.45, 7) is 9.31. The lowest BCUT2D eigenvalue weighted by Gasteiger charge is -2.37. The summed E-state index contributed by atoms with van der Waals surface area (Å²) in [7, 11) is 1.64. The molecule has 1 N–H and O–H groups in total. The number of hydrogen-bond donors (Lipinski definition) is 1. The van der Waals surface area contributed by atoms with E-state index in [4.69, 9.17) is 28.9 Å². The van der Waals surface area contributed by atoms with Crippen LogP contribution >= 0.6 is 0 Å². The summed E-state index contributed by atoms with van der Waals surface area (Å²) in [5.74, 6) is 1.99. The van der Waals surface area contributed by atoms with Crippen LogP contribution in [0.15, 0.2) is 35.5 Å². The maximum atomic E-state index is 13.3. The first-order chi connectivity index (χ1) is 17.6. The predicted octanol–water partition coefficient (Wildman–Crippen LogP) is 2.55. The van der Waals surface area contributed by atoms with Gasteiger partial charge in [0.1, 0.15) is 17.4 Å². The molecule has 2 saturated heterocycles. The Morgan fingerprint density at radius 2 is 1.72 bits per heavy atom. The van der Waals surface area contributed by atoms with Crippen molar-refractivity contribution < 1.29 is 23.7 Å². The molecule has 4 heterocycles. The molecule has 5 rings (SSSR count). The first kappa shape index (κ1) is 24.3. The Hall–Kier alpha value is -3.37. The van der Waals surface area contributed by atoms with Gasteiger partial charge in [0, 0.05) is 43.0 Å². The van der Waals surface area contributed by atoms with E-state index in [-0.39, 0.29) is 12.6 Å². The first-order valence-corrected chi connectivity index (χ1v) is 12.5. The van der Waals surface area contributed by atoms with Gasteiger partial charge in [0.25, 0.3) is 0 Å². The quantitative estimate of drug-likeness (QED) is 0.602. The van der Waals surface area contributed by atoms with Crippen LogP contribution in [0.25, 0.3) is 0 Å². The minimum Gasteiger partial charge on any atom is -0.496 e. The van der Waals surface area contributed by atoms with Gasteiger partial charge in [0.15, 0.2) is 0 Å². The molecule has 3 aliphatic rings. The van der Waals surface area contributed by atoms with Crippen molar-refractivity contribution in [3.63, 3.8) is 0 Å². The van der Waals surface area contributed by atoms with E-state index < -0.39 is 5.92 Å². The molecule has 0 bridgehead atoms. The largest absolute Gasteiger partial charge is 0.496 e. The van der Waals surface area contributed by atoms with Crippen LogP contribution in [-0.2, 0) is 19.0 Å². The summed E-state index contributed by atoms with van der Waals surface area (Å²) < 4.78 is 22.5. The lowest BCUT2D eigenvalue weighted by molar-refractivity contribution is -0.138. The predicted molar refractivity (Wildman–Crippen MR) is 136 cm³/mol. The van der Waals surface area contributed by atoms with Gasteiger partial charge in [-0.25, -0.2) is 4.79 Å². The summed E-state index contributed by atoms with van der Waals surface area (Å²) in [4.78, 5) is 27.8. The molecular formula is C26H33N5O5. The fraction of sp³-hybridized carbons (Fsp3) is 0.500. The molecule has 10 nitrogen and oxygen atoms in total. The van der Waals surface area contributed by atoms with Crippen LogP contribution in [-0.4, -0.2) is 82.3 Å². The SMILES string of the molecule is CCOC(=O)C1=C(C)Nc2nc(N3CCOCC3)nc(N3CCOCC3)c2C1c1ccccc1OC. The molecule has 192 valence electrons. The summed E-state index contributed by atoms with van der Waals surface area (Å²) in [5, 5.41) is 3.42. The smallest absolute Gasteiger partial charge is 0.336 e. The highest BCUT2D eigenvalue weighted by Crippen LogP contribution is 2.48. The van der Waals surface area contributed by atoms with Crippen LogP contribution in [0.3, 0.4) is 0 Å². The van der Waals surface area contributed by atoms with Crippen LogP contribution in [0.5, 0.6) is 5.75 Å². The number of nitrogens with one attached hydrogen (secondary N) is 1. The van der Waals surface area contributed by atoms with Gasteiger partial charge in [0.2, 0.25) is 5.95 Å². The highest BCUT2D eigenvalue weighted by molar-refractivity contribution is 5.95. The normalized spacial score (nSPS) is 20.0. The fourth-order valence-electron chi connectivity index (χ4n) is 5.03. The number of benzene rings is 1. The summed E-state index contributed by atoms with van der Waals surface area (Å²) in [5.41, 5.74) is 2.94. The molecule has 0 radical (unpaired) electrons. The van der Waals surface area contributed by atoms with E-state index in [2.05, 4.69) is 15.1 Å². The van der Waals surface area contributed by atoms with Gasteiger partial charge in [-0.2, -0.15) is 9.97 Å². The van der Waals surface area contributed by atoms with Crippen LogP contribution in [0.1, 0.15) is 30.9 Å². The molecule has 0 saturated carbocycles. The topological polar surface area (TPSA) is 98.3 Å². The molecule has 0 aliphatic carbocycles. The Balaban J connectivity index is 1.73. The van der Waals surface area contributed by atoms with Crippen LogP contribution in [0.4, 0.5) is 17.6 Å². The molecule has 1 aromatic carbocycles. The number of allylic oxidation sites excluding steroid dienone is 1. The van der Waals surface area contributed by atoms with Crippen molar-refractivity contribution in [2.24, 2.45) is 0 Å². The zero-order chi connectivity index (χ0) is 25.1. The number of aromatic nitrogens is 2. The summed E-state index contributed by atoms with van der Waals surface area (Å²) in [6, 6.07) is 7.78. The highest BCUT2D eigenvalue weighted by Gasteiger charge is 2.40. The average molecular weight is 496 g/mol. The Kier molecular flexibility index (Phi) is 7.24. The van der Waals surface area contributed by atoms with E-state index in [0.29, 0.717) is 68.3 Å².